The fourth-order valence-electron chi connectivity index (χ4n) is 1.72. The van der Waals surface area contributed by atoms with Crippen LogP contribution in [0.3, 0.4) is 0 Å². The number of rotatable bonds is 2. The SMILES string of the molecule is Cl.Nc1[13cH][13cH][15n]([C@@H]2O[C@H](CO)[C@H](O)C2(F)F)[13c](=O)[15n]1. The zero-order valence-corrected chi connectivity index (χ0v) is 10.3. The molecule has 108 valence electrons. The molecule has 0 radical (unpaired) electrons. The summed E-state index contributed by atoms with van der Waals surface area (Å²) in [5.41, 5.74) is 4.21. The lowest BCUT2D eigenvalue weighted by atomic mass is 10.1. The first-order valence-corrected chi connectivity index (χ1v) is 5.04. The molecule has 0 bridgehead atoms. The van der Waals surface area contributed by atoms with Gasteiger partial charge in [0.2, 0.25) is 6.23 Å². The van der Waals surface area contributed by atoms with E-state index in [2.05, 4.69) is 4.98 Å². The molecular weight excluding hydrogens is 293 g/mol. The van der Waals surface area contributed by atoms with Gasteiger partial charge in [0.25, 0.3) is 0 Å². The van der Waals surface area contributed by atoms with Crippen molar-refractivity contribution in [1.29, 1.82) is 0 Å². The highest BCUT2D eigenvalue weighted by Crippen LogP contribution is 2.41. The van der Waals surface area contributed by atoms with Gasteiger partial charge in [0, 0.05) is 6.20 Å². The molecule has 19 heavy (non-hydrogen) atoms. The number of nitrogens with two attached hydrogens (primary N) is 1. The summed E-state index contributed by atoms with van der Waals surface area (Å²) in [4.78, 5) is 14.7. The van der Waals surface area contributed by atoms with Crippen molar-refractivity contribution < 1.29 is 23.7 Å². The zero-order chi connectivity index (χ0) is 13.5. The monoisotopic (exact) mass is 304 g/mol. The maximum atomic E-state index is 13.7. The number of hydrogen-bond acceptors (Lipinski definition) is 6. The fourth-order valence-corrected chi connectivity index (χ4v) is 1.72. The van der Waals surface area contributed by atoms with Crippen molar-refractivity contribution in [3.63, 3.8) is 0 Å². The van der Waals surface area contributed by atoms with E-state index in [-0.39, 0.29) is 18.2 Å². The Hall–Kier alpha value is -1.29. The largest absolute Gasteiger partial charge is 0.394 e. The van der Waals surface area contributed by atoms with Gasteiger partial charge in [-0.25, -0.2) is 4.79 Å². The first kappa shape index (κ1) is 15.8. The second-order valence-electron chi connectivity index (χ2n) is 3.87. The van der Waals surface area contributed by atoms with Crippen molar-refractivity contribution in [1.82, 2.24) is 9.55 Å². The molecule has 4 N–H and O–H groups in total. The lowest BCUT2D eigenvalue weighted by Gasteiger charge is -2.20. The minimum Gasteiger partial charge on any atom is -0.394 e. The molecule has 1 aromatic rings. The molecule has 0 spiro atoms. The number of aliphatic hydroxyl groups is 2. The van der Waals surface area contributed by atoms with Crippen molar-refractivity contribution >= 4 is 18.2 Å². The standard InChI is InChI=1S/C9H11F2N3O4.ClH/c10-9(11)6(16)4(3-15)18-7(9)14-2-1-5(12)13-8(14)17;/h1-2,4,6-7,15-16H,3H2,(H2,12,13,17);1H/t4-,6+,7-;/m1./s1/i1+1,2+1,8+1,13+1,14+1;. The average molecular weight is 305 g/mol. The Morgan fingerprint density at radius 3 is 2.68 bits per heavy atom. The number of nitrogens with zero attached hydrogens (tertiary/aromatic N) is 2. The molecule has 0 aromatic carbocycles. The Labute approximate surface area is 112 Å². The second kappa shape index (κ2) is 5.37. The molecule has 0 unspecified atom stereocenters. The van der Waals surface area contributed by atoms with Crippen LogP contribution in [-0.4, -0.2) is 44.5 Å². The Morgan fingerprint density at radius 1 is 1.58 bits per heavy atom. The van der Waals surface area contributed by atoms with Crippen LogP contribution in [0, 0.1) is 0 Å². The highest BCUT2D eigenvalue weighted by atomic mass is 35.5. The maximum Gasteiger partial charge on any atom is 0.351 e. The van der Waals surface area contributed by atoms with Crippen molar-refractivity contribution in [3.05, 3.63) is 22.7 Å². The van der Waals surface area contributed by atoms with E-state index in [1.807, 2.05) is 0 Å². The molecule has 0 amide bonds. The van der Waals surface area contributed by atoms with Crippen LogP contribution in [0.25, 0.3) is 0 Å². The number of halogens is 3. The van der Waals surface area contributed by atoms with Crippen LogP contribution in [0.5, 0.6) is 0 Å². The number of hydrogen-bond donors (Lipinski definition) is 3. The molecule has 1 aliphatic heterocycles. The highest BCUT2D eigenvalue weighted by Gasteiger charge is 2.59. The molecule has 7 nitrogen and oxygen atoms in total. The van der Waals surface area contributed by atoms with E-state index in [0.29, 0.717) is 4.57 Å². The van der Waals surface area contributed by atoms with Crippen LogP contribution in [0.15, 0.2) is 17.1 Å². The van der Waals surface area contributed by atoms with Crippen molar-refractivity contribution in [3.8, 4) is 0 Å². The fraction of sp³-hybridized carbons (Fsp3) is 0.556. The third kappa shape index (κ3) is 2.54. The van der Waals surface area contributed by atoms with Gasteiger partial charge in [-0.2, -0.15) is 13.8 Å². The molecule has 1 aromatic heterocycles. The van der Waals surface area contributed by atoms with Crippen LogP contribution < -0.4 is 11.4 Å². The number of anilines is 1. The normalized spacial score (nSPS) is 28.9. The van der Waals surface area contributed by atoms with Crippen LogP contribution in [0.1, 0.15) is 6.23 Å². The molecule has 1 aliphatic rings. The minimum atomic E-state index is -3.71. The lowest BCUT2D eigenvalue weighted by molar-refractivity contribution is -0.140. The Bertz CT molecular complexity index is 512. The summed E-state index contributed by atoms with van der Waals surface area (Å²) in [6.07, 6.45) is -4.69. The van der Waals surface area contributed by atoms with E-state index in [4.69, 9.17) is 15.6 Å². The van der Waals surface area contributed by atoms with Gasteiger partial charge >= 0.3 is 11.6 Å². The molecule has 1 fully saturated rings. The molecule has 0 aliphatic carbocycles. The summed E-state index contributed by atoms with van der Waals surface area (Å²) in [6, 6.07) is 1.15. The van der Waals surface area contributed by atoms with E-state index in [1.54, 1.807) is 0 Å². The third-order valence-corrected chi connectivity index (χ3v) is 2.66. The Morgan fingerprint density at radius 2 is 2.21 bits per heavy atom. The van der Waals surface area contributed by atoms with E-state index in [0.717, 1.165) is 12.3 Å². The number of ether oxygens (including phenoxy) is 1. The predicted octanol–water partition coefficient (Wildman–Crippen LogP) is -0.867. The van der Waals surface area contributed by atoms with Gasteiger partial charge < -0.3 is 20.7 Å². The zero-order valence-electron chi connectivity index (χ0n) is 9.44. The molecule has 10 heteroatoms. The van der Waals surface area contributed by atoms with Gasteiger partial charge in [0.15, 0.2) is 6.10 Å². The molecule has 2 heterocycles. The smallest absolute Gasteiger partial charge is 0.351 e. The van der Waals surface area contributed by atoms with E-state index < -0.39 is 36.7 Å². The predicted molar refractivity (Wildman–Crippen MR) is 62.1 cm³/mol. The molecular formula is C9H12ClF2N3O4. The molecule has 2 rings (SSSR count). The number of nitrogen functional groups attached to an aromatic ring is 1. The van der Waals surface area contributed by atoms with E-state index >= 15 is 0 Å². The summed E-state index contributed by atoms with van der Waals surface area (Å²) in [5, 5.41) is 18.1. The topological polar surface area (TPSA) is 111 Å². The molecule has 1 saturated heterocycles. The quantitative estimate of drug-likeness (QED) is 0.655. The number of aromatic nitrogens is 2. The summed E-state index contributed by atoms with van der Waals surface area (Å²) in [5.74, 6) is -3.83. The van der Waals surface area contributed by atoms with Crippen LogP contribution in [0.4, 0.5) is 14.6 Å². The lowest BCUT2D eigenvalue weighted by Crippen LogP contribution is -2.41. The third-order valence-electron chi connectivity index (χ3n) is 2.66. The second-order valence-corrected chi connectivity index (χ2v) is 3.87. The van der Waals surface area contributed by atoms with Crippen LogP contribution in [0.2, 0.25) is 0 Å². The van der Waals surface area contributed by atoms with Crippen LogP contribution >= 0.6 is 12.4 Å². The summed E-state index contributed by atoms with van der Waals surface area (Å²) < 4.78 is 32.7. The Kier molecular flexibility index (Phi) is 4.46. The highest BCUT2D eigenvalue weighted by molar-refractivity contribution is 5.85. The van der Waals surface area contributed by atoms with Crippen LogP contribution in [-0.2, 0) is 4.74 Å². The van der Waals surface area contributed by atoms with E-state index in [9.17, 15) is 18.7 Å². The van der Waals surface area contributed by atoms with Gasteiger partial charge in [-0.05, 0) is 6.07 Å². The number of aliphatic hydroxyl groups excluding tert-OH is 2. The first-order chi connectivity index (χ1) is 8.37. The Balaban J connectivity index is 0.00000180. The van der Waals surface area contributed by atoms with E-state index in [1.165, 1.54) is 0 Å². The van der Waals surface area contributed by atoms with Gasteiger partial charge in [-0.15, -0.1) is 12.4 Å². The minimum absolute atomic E-state index is 0. The van der Waals surface area contributed by atoms with Gasteiger partial charge in [-0.1, -0.05) is 0 Å². The first-order valence-electron chi connectivity index (χ1n) is 5.04. The summed E-state index contributed by atoms with van der Waals surface area (Å²) in [7, 11) is 0. The van der Waals surface area contributed by atoms with Gasteiger partial charge in [0.1, 0.15) is 11.9 Å². The average Bonchev–Trinajstić information content (AvgIpc) is 2.52. The summed E-state index contributed by atoms with van der Waals surface area (Å²) in [6.45, 7) is -0.787. The van der Waals surface area contributed by atoms with Crippen molar-refractivity contribution in [2.24, 2.45) is 0 Å². The molecule has 3 atom stereocenters. The molecule has 0 saturated carbocycles. The van der Waals surface area contributed by atoms with Crippen molar-refractivity contribution in [2.75, 3.05) is 12.3 Å². The maximum absolute atomic E-state index is 13.7. The van der Waals surface area contributed by atoms with Gasteiger partial charge in [-0.3, -0.25) is 4.57 Å². The van der Waals surface area contributed by atoms with Gasteiger partial charge in [0.05, 0.1) is 6.61 Å². The van der Waals surface area contributed by atoms with Crippen molar-refractivity contribution in [2.45, 2.75) is 24.4 Å². The number of alkyl halides is 2. The summed E-state index contributed by atoms with van der Waals surface area (Å²) >= 11 is 0.